The number of thioether (sulfide) groups is 1. The molecule has 0 spiro atoms. The Hall–Kier alpha value is -1.47. The van der Waals surface area contributed by atoms with Crippen LogP contribution in [-0.2, 0) is 11.0 Å². The second-order valence-electron chi connectivity index (χ2n) is 4.29. The number of nitrogens with zero attached hydrogens (tertiary/aromatic N) is 1. The average Bonchev–Trinajstić information content (AvgIpc) is 2.34. The van der Waals surface area contributed by atoms with Gasteiger partial charge in [0.25, 0.3) is 0 Å². The minimum Gasteiger partial charge on any atom is -0.481 e. The number of benzene rings is 1. The number of aliphatic carboxylic acids is 1. The first kappa shape index (κ1) is 15.9. The maximum atomic E-state index is 12.8. The van der Waals surface area contributed by atoms with Crippen LogP contribution in [0.4, 0.5) is 13.2 Å². The van der Waals surface area contributed by atoms with Crippen molar-refractivity contribution in [2.45, 2.75) is 18.0 Å². The van der Waals surface area contributed by atoms with Crippen LogP contribution >= 0.6 is 23.4 Å². The molecule has 0 aliphatic rings. The van der Waals surface area contributed by atoms with E-state index in [1.165, 1.54) is 6.07 Å². The molecule has 1 N–H and O–H groups in total. The highest BCUT2D eigenvalue weighted by Crippen LogP contribution is 2.39. The largest absolute Gasteiger partial charge is 0.481 e. The number of fused-ring (bicyclic) bond motifs is 1. The molecule has 0 unspecified atom stereocenters. The number of hydrogen-bond donors (Lipinski definition) is 1. The van der Waals surface area contributed by atoms with Crippen LogP contribution in [0.25, 0.3) is 10.9 Å². The van der Waals surface area contributed by atoms with Crippen molar-refractivity contribution in [1.82, 2.24) is 4.98 Å². The molecule has 0 aliphatic carbocycles. The summed E-state index contributed by atoms with van der Waals surface area (Å²) in [6.45, 7) is 1.63. The SMILES string of the molecule is Cc1cc(SCC(=O)O)c2cc(Cl)c(C(F)(F)F)cc2n1. The third-order valence-corrected chi connectivity index (χ3v) is 4.00. The highest BCUT2D eigenvalue weighted by Gasteiger charge is 2.33. The van der Waals surface area contributed by atoms with E-state index in [-0.39, 0.29) is 11.3 Å². The van der Waals surface area contributed by atoms with Gasteiger partial charge < -0.3 is 5.11 Å². The molecule has 0 saturated heterocycles. The number of carboxylic acids is 1. The Bertz CT molecular complexity index is 719. The predicted octanol–water partition coefficient (Wildman–Crippen LogP) is 4.39. The highest BCUT2D eigenvalue weighted by molar-refractivity contribution is 8.00. The topological polar surface area (TPSA) is 50.2 Å². The number of carbonyl (C=O) groups is 1. The van der Waals surface area contributed by atoms with Crippen LogP contribution < -0.4 is 0 Å². The quantitative estimate of drug-likeness (QED) is 0.845. The Labute approximate surface area is 127 Å². The van der Waals surface area contributed by atoms with Gasteiger partial charge in [0.2, 0.25) is 0 Å². The molecule has 3 nitrogen and oxygen atoms in total. The molecular formula is C13H9ClF3NO2S. The maximum Gasteiger partial charge on any atom is 0.417 e. The summed E-state index contributed by atoms with van der Waals surface area (Å²) >= 11 is 6.70. The molecule has 1 aromatic heterocycles. The third kappa shape index (κ3) is 3.59. The van der Waals surface area contributed by atoms with Crippen molar-refractivity contribution in [3.63, 3.8) is 0 Å². The number of halogens is 4. The van der Waals surface area contributed by atoms with E-state index in [0.29, 0.717) is 16.0 Å². The summed E-state index contributed by atoms with van der Waals surface area (Å²) in [5, 5.41) is 8.68. The fourth-order valence-electron chi connectivity index (χ4n) is 1.82. The van der Waals surface area contributed by atoms with Gasteiger partial charge >= 0.3 is 12.1 Å². The molecular weight excluding hydrogens is 327 g/mol. The van der Waals surface area contributed by atoms with Gasteiger partial charge in [-0.3, -0.25) is 9.78 Å². The van der Waals surface area contributed by atoms with Crippen molar-refractivity contribution in [2.75, 3.05) is 5.75 Å². The molecule has 112 valence electrons. The zero-order valence-corrected chi connectivity index (χ0v) is 12.2. The van der Waals surface area contributed by atoms with Crippen molar-refractivity contribution in [3.8, 4) is 0 Å². The van der Waals surface area contributed by atoms with E-state index < -0.39 is 22.7 Å². The van der Waals surface area contributed by atoms with Crippen LogP contribution in [-0.4, -0.2) is 21.8 Å². The number of hydrogen-bond acceptors (Lipinski definition) is 3. The first-order chi connectivity index (χ1) is 9.68. The zero-order valence-electron chi connectivity index (χ0n) is 10.7. The van der Waals surface area contributed by atoms with Gasteiger partial charge in [-0.1, -0.05) is 11.6 Å². The Morgan fingerprint density at radius 1 is 1.38 bits per heavy atom. The van der Waals surface area contributed by atoms with Crippen molar-refractivity contribution in [3.05, 3.63) is 34.5 Å². The number of alkyl halides is 3. The van der Waals surface area contributed by atoms with Crippen molar-refractivity contribution in [2.24, 2.45) is 0 Å². The van der Waals surface area contributed by atoms with Gasteiger partial charge in [-0.05, 0) is 25.1 Å². The molecule has 0 bridgehead atoms. The molecule has 1 heterocycles. The van der Waals surface area contributed by atoms with E-state index in [1.807, 2.05) is 0 Å². The van der Waals surface area contributed by atoms with Gasteiger partial charge in [0, 0.05) is 16.0 Å². The number of rotatable bonds is 3. The van der Waals surface area contributed by atoms with E-state index in [9.17, 15) is 18.0 Å². The number of aryl methyl sites for hydroxylation is 1. The lowest BCUT2D eigenvalue weighted by atomic mass is 10.1. The second kappa shape index (κ2) is 5.73. The van der Waals surface area contributed by atoms with Crippen LogP contribution in [0.2, 0.25) is 5.02 Å². The molecule has 0 aliphatic heterocycles. The number of carboxylic acid groups (broad SMARTS) is 1. The fraction of sp³-hybridized carbons (Fsp3) is 0.231. The third-order valence-electron chi connectivity index (χ3n) is 2.64. The summed E-state index contributed by atoms with van der Waals surface area (Å²) in [4.78, 5) is 15.2. The van der Waals surface area contributed by atoms with Crippen LogP contribution in [0.3, 0.4) is 0 Å². The molecule has 0 radical (unpaired) electrons. The first-order valence-electron chi connectivity index (χ1n) is 5.71. The fourth-order valence-corrected chi connectivity index (χ4v) is 2.94. The van der Waals surface area contributed by atoms with E-state index >= 15 is 0 Å². The van der Waals surface area contributed by atoms with E-state index in [4.69, 9.17) is 16.7 Å². The summed E-state index contributed by atoms with van der Waals surface area (Å²) in [5.41, 5.74) is -0.311. The molecule has 0 amide bonds. The molecule has 2 aromatic rings. The summed E-state index contributed by atoms with van der Waals surface area (Å²) < 4.78 is 38.5. The normalized spacial score (nSPS) is 11.9. The van der Waals surface area contributed by atoms with E-state index in [1.54, 1.807) is 13.0 Å². The minimum absolute atomic E-state index is 0.139. The van der Waals surface area contributed by atoms with E-state index in [0.717, 1.165) is 17.8 Å². The number of aromatic nitrogens is 1. The minimum atomic E-state index is -4.56. The Balaban J connectivity index is 2.62. The van der Waals surface area contributed by atoms with Crippen molar-refractivity contribution in [1.29, 1.82) is 0 Å². The first-order valence-corrected chi connectivity index (χ1v) is 7.07. The summed E-state index contributed by atoms with van der Waals surface area (Å²) in [7, 11) is 0. The Morgan fingerprint density at radius 3 is 2.62 bits per heavy atom. The van der Waals surface area contributed by atoms with Gasteiger partial charge in [-0.25, -0.2) is 0 Å². The van der Waals surface area contributed by atoms with Gasteiger partial charge in [0.1, 0.15) is 0 Å². The zero-order chi connectivity index (χ0) is 15.8. The average molecular weight is 336 g/mol. The molecule has 0 fully saturated rings. The summed E-state index contributed by atoms with van der Waals surface area (Å²) in [6, 6.07) is 3.69. The standard InChI is InChI=1S/C13H9ClF3NO2S/c1-6-2-11(21-5-12(19)20)7-3-9(14)8(13(15,16)17)4-10(7)18-6/h2-4H,5H2,1H3,(H,19,20). The van der Waals surface area contributed by atoms with Crippen LogP contribution in [0.15, 0.2) is 23.1 Å². The maximum absolute atomic E-state index is 12.8. The lowest BCUT2D eigenvalue weighted by Crippen LogP contribution is -2.06. The molecule has 8 heteroatoms. The number of pyridine rings is 1. The molecule has 0 atom stereocenters. The monoisotopic (exact) mass is 335 g/mol. The van der Waals surface area contributed by atoms with Gasteiger partial charge in [0.05, 0.1) is 21.9 Å². The van der Waals surface area contributed by atoms with E-state index in [2.05, 4.69) is 4.98 Å². The van der Waals surface area contributed by atoms with Crippen LogP contribution in [0, 0.1) is 6.92 Å². The van der Waals surface area contributed by atoms with Crippen molar-refractivity contribution >= 4 is 40.2 Å². The van der Waals surface area contributed by atoms with Gasteiger partial charge in [0.15, 0.2) is 0 Å². The molecule has 2 rings (SSSR count). The predicted molar refractivity (Wildman–Crippen MR) is 74.9 cm³/mol. The summed E-state index contributed by atoms with van der Waals surface area (Å²) in [6.07, 6.45) is -4.56. The Kier molecular flexibility index (Phi) is 4.34. The molecule has 0 saturated carbocycles. The second-order valence-corrected chi connectivity index (χ2v) is 5.72. The lowest BCUT2D eigenvalue weighted by molar-refractivity contribution is -0.137. The Morgan fingerprint density at radius 2 is 2.05 bits per heavy atom. The van der Waals surface area contributed by atoms with Crippen molar-refractivity contribution < 1.29 is 23.1 Å². The van der Waals surface area contributed by atoms with Gasteiger partial charge in [-0.2, -0.15) is 13.2 Å². The highest BCUT2D eigenvalue weighted by atomic mass is 35.5. The van der Waals surface area contributed by atoms with Crippen LogP contribution in [0.5, 0.6) is 0 Å². The lowest BCUT2D eigenvalue weighted by Gasteiger charge is -2.12. The molecule has 1 aromatic carbocycles. The van der Waals surface area contributed by atoms with Gasteiger partial charge in [-0.15, -0.1) is 11.8 Å². The molecule has 21 heavy (non-hydrogen) atoms. The summed E-state index contributed by atoms with van der Waals surface area (Å²) in [5.74, 6) is -1.21. The smallest absolute Gasteiger partial charge is 0.417 e. The van der Waals surface area contributed by atoms with Crippen LogP contribution in [0.1, 0.15) is 11.3 Å².